The lowest BCUT2D eigenvalue weighted by Crippen LogP contribution is -2.25. The van der Waals surface area contributed by atoms with Gasteiger partial charge in [-0.1, -0.05) is 31.5 Å². The molecule has 0 aliphatic heterocycles. The minimum absolute atomic E-state index is 0.00897. The fourth-order valence-corrected chi connectivity index (χ4v) is 2.00. The Labute approximate surface area is 126 Å². The average molecular weight is 291 g/mol. The second-order valence-corrected chi connectivity index (χ2v) is 5.29. The molecule has 0 aromatic heterocycles. The van der Waals surface area contributed by atoms with Crippen LogP contribution in [-0.2, 0) is 16.1 Å². The molecule has 21 heavy (non-hydrogen) atoms. The van der Waals surface area contributed by atoms with E-state index >= 15 is 0 Å². The predicted octanol–water partition coefficient (Wildman–Crippen LogP) is 1.98. The summed E-state index contributed by atoms with van der Waals surface area (Å²) in [5.74, 6) is 0.160. The summed E-state index contributed by atoms with van der Waals surface area (Å²) in [6.45, 7) is 4.54. The third-order valence-electron chi connectivity index (χ3n) is 3.62. The number of rotatable bonds is 7. The molecule has 0 bridgehead atoms. The number of anilines is 1. The molecule has 1 rings (SSSR count). The van der Waals surface area contributed by atoms with Gasteiger partial charge in [-0.25, -0.2) is 0 Å². The molecule has 0 heterocycles. The highest BCUT2D eigenvalue weighted by Gasteiger charge is 2.13. The molecule has 0 radical (unpaired) electrons. The molecule has 0 saturated heterocycles. The Hall–Kier alpha value is -1.88. The molecule has 5 nitrogen and oxygen atoms in total. The molecular formula is C16H25N3O2. The van der Waals surface area contributed by atoms with Gasteiger partial charge < -0.3 is 16.0 Å². The first kappa shape index (κ1) is 17.2. The summed E-state index contributed by atoms with van der Waals surface area (Å²) in [5, 5.41) is 2.92. The van der Waals surface area contributed by atoms with Crippen LogP contribution in [0.2, 0.25) is 0 Å². The molecule has 0 fully saturated rings. The van der Waals surface area contributed by atoms with Crippen molar-refractivity contribution >= 4 is 17.5 Å². The molecule has 1 unspecified atom stereocenters. The van der Waals surface area contributed by atoms with Gasteiger partial charge in [0, 0.05) is 32.6 Å². The smallest absolute Gasteiger partial charge is 0.224 e. The van der Waals surface area contributed by atoms with Crippen LogP contribution in [0.25, 0.3) is 0 Å². The van der Waals surface area contributed by atoms with E-state index in [9.17, 15) is 9.59 Å². The van der Waals surface area contributed by atoms with E-state index in [1.54, 1.807) is 11.9 Å². The van der Waals surface area contributed by atoms with Crippen LogP contribution in [0.1, 0.15) is 32.3 Å². The van der Waals surface area contributed by atoms with Gasteiger partial charge in [0.1, 0.15) is 0 Å². The third kappa shape index (κ3) is 5.55. The highest BCUT2D eigenvalue weighted by Crippen LogP contribution is 2.18. The summed E-state index contributed by atoms with van der Waals surface area (Å²) in [6.07, 6.45) is 1.31. The number of nitrogens with one attached hydrogen (secondary N) is 1. The lowest BCUT2D eigenvalue weighted by atomic mass is 10.0. The first-order chi connectivity index (χ1) is 9.97. The second kappa shape index (κ2) is 8.42. The topological polar surface area (TPSA) is 75.4 Å². The van der Waals surface area contributed by atoms with Crippen LogP contribution in [0.15, 0.2) is 24.3 Å². The van der Waals surface area contributed by atoms with Crippen LogP contribution in [0.5, 0.6) is 0 Å². The Balaban J connectivity index is 2.74. The van der Waals surface area contributed by atoms with Crippen molar-refractivity contribution in [1.29, 1.82) is 0 Å². The van der Waals surface area contributed by atoms with E-state index in [-0.39, 0.29) is 17.7 Å². The fourth-order valence-electron chi connectivity index (χ4n) is 2.00. The van der Waals surface area contributed by atoms with Crippen molar-refractivity contribution in [3.63, 3.8) is 0 Å². The summed E-state index contributed by atoms with van der Waals surface area (Å²) in [5.41, 5.74) is 7.30. The zero-order valence-corrected chi connectivity index (χ0v) is 13.1. The molecule has 5 heteroatoms. The Kier molecular flexibility index (Phi) is 6.88. The summed E-state index contributed by atoms with van der Waals surface area (Å²) in [4.78, 5) is 25.0. The van der Waals surface area contributed by atoms with Crippen LogP contribution in [0.3, 0.4) is 0 Å². The SMILES string of the molecule is CCC(CN)CC(=O)Nc1ccccc1CN(C)C(C)=O. The van der Waals surface area contributed by atoms with E-state index in [4.69, 9.17) is 5.73 Å². The van der Waals surface area contributed by atoms with Crippen molar-refractivity contribution < 1.29 is 9.59 Å². The minimum atomic E-state index is -0.0368. The van der Waals surface area contributed by atoms with Crippen LogP contribution in [0, 0.1) is 5.92 Å². The number of nitrogens with two attached hydrogens (primary N) is 1. The van der Waals surface area contributed by atoms with Crippen molar-refractivity contribution in [2.45, 2.75) is 33.2 Å². The molecule has 116 valence electrons. The van der Waals surface area contributed by atoms with E-state index in [1.165, 1.54) is 6.92 Å². The Morgan fingerprint density at radius 3 is 2.57 bits per heavy atom. The lowest BCUT2D eigenvalue weighted by Gasteiger charge is -2.18. The average Bonchev–Trinajstić information content (AvgIpc) is 2.46. The van der Waals surface area contributed by atoms with Crippen molar-refractivity contribution in [1.82, 2.24) is 4.90 Å². The zero-order chi connectivity index (χ0) is 15.8. The van der Waals surface area contributed by atoms with Crippen molar-refractivity contribution in [3.05, 3.63) is 29.8 Å². The Bertz CT molecular complexity index is 484. The van der Waals surface area contributed by atoms with Crippen LogP contribution < -0.4 is 11.1 Å². The quantitative estimate of drug-likeness (QED) is 0.806. The molecular weight excluding hydrogens is 266 g/mol. The standard InChI is InChI=1S/C16H25N3O2/c1-4-13(10-17)9-16(21)18-15-8-6-5-7-14(15)11-19(3)12(2)20/h5-8,13H,4,9-11,17H2,1-3H3,(H,18,21). The van der Waals surface area contributed by atoms with Gasteiger partial charge in [-0.2, -0.15) is 0 Å². The number of nitrogens with zero attached hydrogens (tertiary/aromatic N) is 1. The molecule has 0 saturated carbocycles. The Morgan fingerprint density at radius 1 is 1.33 bits per heavy atom. The first-order valence-electron chi connectivity index (χ1n) is 7.27. The highest BCUT2D eigenvalue weighted by atomic mass is 16.2. The first-order valence-corrected chi connectivity index (χ1v) is 7.27. The van der Waals surface area contributed by atoms with Crippen molar-refractivity contribution in [3.8, 4) is 0 Å². The van der Waals surface area contributed by atoms with Gasteiger partial charge in [0.15, 0.2) is 0 Å². The molecule has 2 amide bonds. The minimum Gasteiger partial charge on any atom is -0.342 e. The monoisotopic (exact) mass is 291 g/mol. The van der Waals surface area contributed by atoms with Crippen LogP contribution >= 0.6 is 0 Å². The highest BCUT2D eigenvalue weighted by molar-refractivity contribution is 5.91. The van der Waals surface area contributed by atoms with Gasteiger partial charge in [-0.05, 0) is 24.1 Å². The predicted molar refractivity (Wildman–Crippen MR) is 84.7 cm³/mol. The number of carbonyl (C=O) groups excluding carboxylic acids is 2. The molecule has 1 atom stereocenters. The van der Waals surface area contributed by atoms with Gasteiger partial charge in [0.25, 0.3) is 0 Å². The van der Waals surface area contributed by atoms with E-state index in [1.807, 2.05) is 31.2 Å². The molecule has 0 aliphatic rings. The number of carbonyl (C=O) groups is 2. The number of hydrogen-bond acceptors (Lipinski definition) is 3. The van der Waals surface area contributed by atoms with Crippen molar-refractivity contribution in [2.75, 3.05) is 18.9 Å². The molecule has 1 aromatic carbocycles. The van der Waals surface area contributed by atoms with Gasteiger partial charge in [0.05, 0.1) is 0 Å². The molecule has 1 aromatic rings. The van der Waals surface area contributed by atoms with Gasteiger partial charge >= 0.3 is 0 Å². The van der Waals surface area contributed by atoms with Crippen molar-refractivity contribution in [2.24, 2.45) is 11.7 Å². The summed E-state index contributed by atoms with van der Waals surface area (Å²) >= 11 is 0. The van der Waals surface area contributed by atoms with E-state index in [2.05, 4.69) is 5.32 Å². The van der Waals surface area contributed by atoms with Crippen LogP contribution in [0.4, 0.5) is 5.69 Å². The van der Waals surface area contributed by atoms with E-state index in [0.29, 0.717) is 19.5 Å². The van der Waals surface area contributed by atoms with Gasteiger partial charge in [-0.15, -0.1) is 0 Å². The fraction of sp³-hybridized carbons (Fsp3) is 0.500. The normalized spacial score (nSPS) is 11.8. The molecule has 0 aliphatic carbocycles. The summed E-state index contributed by atoms with van der Waals surface area (Å²) in [6, 6.07) is 7.53. The molecule has 0 spiro atoms. The van der Waals surface area contributed by atoms with Gasteiger partial charge in [0.2, 0.25) is 11.8 Å². The molecule has 3 N–H and O–H groups in total. The zero-order valence-electron chi connectivity index (χ0n) is 13.1. The van der Waals surface area contributed by atoms with E-state index < -0.39 is 0 Å². The third-order valence-corrected chi connectivity index (χ3v) is 3.62. The maximum Gasteiger partial charge on any atom is 0.224 e. The number of benzene rings is 1. The summed E-state index contributed by atoms with van der Waals surface area (Å²) < 4.78 is 0. The van der Waals surface area contributed by atoms with Gasteiger partial charge in [-0.3, -0.25) is 9.59 Å². The number of hydrogen-bond donors (Lipinski definition) is 2. The number of para-hydroxylation sites is 1. The lowest BCUT2D eigenvalue weighted by molar-refractivity contribution is -0.128. The van der Waals surface area contributed by atoms with E-state index in [0.717, 1.165) is 17.7 Å². The summed E-state index contributed by atoms with van der Waals surface area (Å²) in [7, 11) is 1.74. The number of amides is 2. The Morgan fingerprint density at radius 2 is 2.00 bits per heavy atom. The second-order valence-electron chi connectivity index (χ2n) is 5.29. The largest absolute Gasteiger partial charge is 0.342 e. The maximum atomic E-state index is 12.1. The maximum absolute atomic E-state index is 12.1. The van der Waals surface area contributed by atoms with Crippen LogP contribution in [-0.4, -0.2) is 30.3 Å².